The maximum Gasteiger partial charge on any atom is 0.274 e. The lowest BCUT2D eigenvalue weighted by molar-refractivity contribution is -0.386. The molecule has 1 aromatic carbocycles. The number of rotatable bonds is 3. The van der Waals surface area contributed by atoms with Crippen molar-refractivity contribution < 1.29 is 4.92 Å². The molecule has 0 saturated carbocycles. The zero-order chi connectivity index (χ0) is 11.6. The molecule has 82 valence electrons. The van der Waals surface area contributed by atoms with Crippen molar-refractivity contribution in [1.29, 1.82) is 0 Å². The van der Waals surface area contributed by atoms with Crippen molar-refractivity contribution in [3.05, 3.63) is 39.4 Å². The van der Waals surface area contributed by atoms with Gasteiger partial charge in [0.15, 0.2) is 0 Å². The first-order valence-electron chi connectivity index (χ1n) is 4.83. The van der Waals surface area contributed by atoms with E-state index in [0.717, 1.165) is 11.1 Å². The molecule has 1 rings (SSSR count). The molecule has 1 aromatic rings. The Hall–Kier alpha value is -1.42. The highest BCUT2D eigenvalue weighted by Gasteiger charge is 2.28. The molecule has 1 N–H and O–H groups in total. The van der Waals surface area contributed by atoms with Gasteiger partial charge in [0.25, 0.3) is 5.69 Å². The predicted octanol–water partition coefficient (Wildman–Crippen LogP) is 2.36. The van der Waals surface area contributed by atoms with E-state index >= 15 is 0 Å². The van der Waals surface area contributed by atoms with E-state index in [9.17, 15) is 10.1 Å². The van der Waals surface area contributed by atoms with Gasteiger partial charge in [-0.05, 0) is 33.4 Å². The SMILES string of the molecule is CNC(C)(C)c1c(C)cccc1[N+](=O)[O-]. The highest BCUT2D eigenvalue weighted by Crippen LogP contribution is 2.31. The summed E-state index contributed by atoms with van der Waals surface area (Å²) in [5.74, 6) is 0. The molecule has 15 heavy (non-hydrogen) atoms. The first kappa shape index (κ1) is 11.7. The Morgan fingerprint density at radius 3 is 2.47 bits per heavy atom. The molecule has 4 heteroatoms. The van der Waals surface area contributed by atoms with Crippen LogP contribution in [0.4, 0.5) is 5.69 Å². The van der Waals surface area contributed by atoms with Crippen molar-refractivity contribution in [2.75, 3.05) is 7.05 Å². The first-order valence-corrected chi connectivity index (χ1v) is 4.83. The summed E-state index contributed by atoms with van der Waals surface area (Å²) in [6.07, 6.45) is 0. The molecule has 0 unspecified atom stereocenters. The van der Waals surface area contributed by atoms with Gasteiger partial charge in [-0.15, -0.1) is 0 Å². The minimum absolute atomic E-state index is 0.175. The molecule has 0 heterocycles. The molecular formula is C11H16N2O2. The van der Waals surface area contributed by atoms with E-state index < -0.39 is 5.54 Å². The molecule has 0 radical (unpaired) electrons. The molecule has 0 aromatic heterocycles. The van der Waals surface area contributed by atoms with E-state index in [1.807, 2.05) is 26.8 Å². The van der Waals surface area contributed by atoms with Gasteiger partial charge in [-0.1, -0.05) is 12.1 Å². The van der Waals surface area contributed by atoms with Gasteiger partial charge in [0.1, 0.15) is 0 Å². The van der Waals surface area contributed by atoms with Crippen molar-refractivity contribution in [3.63, 3.8) is 0 Å². The number of aryl methyl sites for hydroxylation is 1. The second-order valence-electron chi connectivity index (χ2n) is 4.10. The topological polar surface area (TPSA) is 55.2 Å². The van der Waals surface area contributed by atoms with E-state index in [1.54, 1.807) is 19.2 Å². The van der Waals surface area contributed by atoms with Crippen LogP contribution >= 0.6 is 0 Å². The maximum absolute atomic E-state index is 10.9. The Morgan fingerprint density at radius 2 is 2.00 bits per heavy atom. The molecule has 4 nitrogen and oxygen atoms in total. The maximum atomic E-state index is 10.9. The standard InChI is InChI=1S/C11H16N2O2/c1-8-6-5-7-9(13(14)15)10(8)11(2,3)12-4/h5-7,12H,1-4H3. The van der Waals surface area contributed by atoms with Gasteiger partial charge in [0.2, 0.25) is 0 Å². The molecule has 0 fully saturated rings. The number of nitrogens with one attached hydrogen (secondary N) is 1. The van der Waals surface area contributed by atoms with Crippen molar-refractivity contribution in [1.82, 2.24) is 5.32 Å². The number of hydrogen-bond donors (Lipinski definition) is 1. The second kappa shape index (κ2) is 3.98. The Balaban J connectivity index is 3.44. The lowest BCUT2D eigenvalue weighted by Crippen LogP contribution is -2.34. The van der Waals surface area contributed by atoms with Crippen LogP contribution in [-0.4, -0.2) is 12.0 Å². The van der Waals surface area contributed by atoms with Crippen LogP contribution in [0.15, 0.2) is 18.2 Å². The largest absolute Gasteiger partial charge is 0.311 e. The molecule has 0 bridgehead atoms. The van der Waals surface area contributed by atoms with Gasteiger partial charge < -0.3 is 5.32 Å². The molecule has 0 spiro atoms. The van der Waals surface area contributed by atoms with Crippen LogP contribution in [0, 0.1) is 17.0 Å². The Bertz CT molecular complexity index is 386. The fourth-order valence-corrected chi connectivity index (χ4v) is 1.74. The minimum atomic E-state index is -0.395. The smallest absolute Gasteiger partial charge is 0.274 e. The number of nitrogens with zero attached hydrogens (tertiary/aromatic N) is 1. The molecular weight excluding hydrogens is 192 g/mol. The van der Waals surface area contributed by atoms with E-state index in [1.165, 1.54) is 0 Å². The van der Waals surface area contributed by atoms with Crippen LogP contribution < -0.4 is 5.32 Å². The lowest BCUT2D eigenvalue weighted by Gasteiger charge is -2.26. The third kappa shape index (κ3) is 2.15. The molecule has 0 aliphatic heterocycles. The summed E-state index contributed by atoms with van der Waals surface area (Å²) in [5, 5.41) is 14.0. The number of nitro groups is 1. The second-order valence-corrected chi connectivity index (χ2v) is 4.10. The summed E-state index contributed by atoms with van der Waals surface area (Å²) >= 11 is 0. The third-order valence-corrected chi connectivity index (χ3v) is 2.70. The number of nitro benzene ring substituents is 1. The molecule has 0 amide bonds. The van der Waals surface area contributed by atoms with Gasteiger partial charge in [-0.2, -0.15) is 0 Å². The van der Waals surface area contributed by atoms with Gasteiger partial charge in [0, 0.05) is 11.6 Å². The van der Waals surface area contributed by atoms with Crippen LogP contribution in [0.1, 0.15) is 25.0 Å². The quantitative estimate of drug-likeness (QED) is 0.612. The Morgan fingerprint density at radius 1 is 1.40 bits per heavy atom. The fourth-order valence-electron chi connectivity index (χ4n) is 1.74. The fraction of sp³-hybridized carbons (Fsp3) is 0.455. The first-order chi connectivity index (χ1) is 6.90. The average molecular weight is 208 g/mol. The molecule has 0 aliphatic rings. The lowest BCUT2D eigenvalue weighted by atomic mass is 9.89. The number of benzene rings is 1. The summed E-state index contributed by atoms with van der Waals surface area (Å²) in [7, 11) is 1.80. The summed E-state index contributed by atoms with van der Waals surface area (Å²) in [4.78, 5) is 10.6. The zero-order valence-corrected chi connectivity index (χ0v) is 9.50. The summed E-state index contributed by atoms with van der Waals surface area (Å²) in [6.45, 7) is 5.76. The summed E-state index contributed by atoms with van der Waals surface area (Å²) in [6, 6.07) is 5.14. The predicted molar refractivity (Wildman–Crippen MR) is 59.9 cm³/mol. The zero-order valence-electron chi connectivity index (χ0n) is 9.50. The number of hydrogen-bond acceptors (Lipinski definition) is 3. The van der Waals surface area contributed by atoms with Crippen LogP contribution in [0.2, 0.25) is 0 Å². The Labute approximate surface area is 89.5 Å². The van der Waals surface area contributed by atoms with Crippen LogP contribution in [0.3, 0.4) is 0 Å². The van der Waals surface area contributed by atoms with Gasteiger partial charge >= 0.3 is 0 Å². The van der Waals surface area contributed by atoms with E-state index in [0.29, 0.717) is 0 Å². The summed E-state index contributed by atoms with van der Waals surface area (Å²) < 4.78 is 0. The summed E-state index contributed by atoms with van der Waals surface area (Å²) in [5.41, 5.74) is 1.46. The molecule has 0 aliphatic carbocycles. The average Bonchev–Trinajstić information content (AvgIpc) is 2.17. The van der Waals surface area contributed by atoms with Crippen molar-refractivity contribution >= 4 is 5.69 Å². The van der Waals surface area contributed by atoms with Crippen LogP contribution in [0.25, 0.3) is 0 Å². The van der Waals surface area contributed by atoms with Gasteiger partial charge in [0.05, 0.1) is 10.5 Å². The minimum Gasteiger partial charge on any atom is -0.311 e. The van der Waals surface area contributed by atoms with E-state index in [2.05, 4.69) is 5.32 Å². The normalized spacial score (nSPS) is 11.5. The van der Waals surface area contributed by atoms with E-state index in [-0.39, 0.29) is 10.6 Å². The molecule has 0 saturated heterocycles. The third-order valence-electron chi connectivity index (χ3n) is 2.70. The highest BCUT2D eigenvalue weighted by atomic mass is 16.6. The Kier molecular flexibility index (Phi) is 3.09. The van der Waals surface area contributed by atoms with Crippen LogP contribution in [0.5, 0.6) is 0 Å². The van der Waals surface area contributed by atoms with Crippen molar-refractivity contribution in [3.8, 4) is 0 Å². The van der Waals surface area contributed by atoms with Crippen LogP contribution in [-0.2, 0) is 5.54 Å². The molecule has 0 atom stereocenters. The van der Waals surface area contributed by atoms with Gasteiger partial charge in [-0.3, -0.25) is 10.1 Å². The monoisotopic (exact) mass is 208 g/mol. The van der Waals surface area contributed by atoms with Gasteiger partial charge in [-0.25, -0.2) is 0 Å². The van der Waals surface area contributed by atoms with Crippen molar-refractivity contribution in [2.24, 2.45) is 0 Å². The van der Waals surface area contributed by atoms with E-state index in [4.69, 9.17) is 0 Å². The van der Waals surface area contributed by atoms with Crippen molar-refractivity contribution in [2.45, 2.75) is 26.3 Å². The highest BCUT2D eigenvalue weighted by molar-refractivity contribution is 5.49.